The fourth-order valence-electron chi connectivity index (χ4n) is 3.63. The molecule has 0 bridgehead atoms. The number of carbonyl (C=O) groups is 1. The minimum absolute atomic E-state index is 0.239. The summed E-state index contributed by atoms with van der Waals surface area (Å²) in [6, 6.07) is 13.6. The smallest absolute Gasteiger partial charge is 0.270 e. The molecule has 9 heteroatoms. The molecule has 0 spiro atoms. The number of H-pyrrole nitrogens is 1. The molecule has 5 rings (SSSR count). The van der Waals surface area contributed by atoms with Crippen molar-refractivity contribution in [1.29, 1.82) is 0 Å². The van der Waals surface area contributed by atoms with Crippen LogP contribution >= 0.6 is 0 Å². The van der Waals surface area contributed by atoms with Gasteiger partial charge in [-0.2, -0.15) is 4.98 Å². The lowest BCUT2D eigenvalue weighted by atomic mass is 10.2. The number of methoxy groups -OCH3 is 1. The van der Waals surface area contributed by atoms with Crippen LogP contribution in [-0.2, 0) is 4.74 Å². The predicted octanol–water partition coefficient (Wildman–Crippen LogP) is 3.58. The van der Waals surface area contributed by atoms with Gasteiger partial charge in [0.2, 0.25) is 5.82 Å². The van der Waals surface area contributed by atoms with Gasteiger partial charge >= 0.3 is 0 Å². The Morgan fingerprint density at radius 2 is 2.13 bits per heavy atom. The second-order valence-electron chi connectivity index (χ2n) is 7.18. The minimum atomic E-state index is -0.550. The number of aromatic amines is 1. The van der Waals surface area contributed by atoms with E-state index in [9.17, 15) is 9.18 Å². The number of fused-ring (bicyclic) bond motifs is 1. The molecule has 158 valence electrons. The summed E-state index contributed by atoms with van der Waals surface area (Å²) >= 11 is 0. The number of rotatable bonds is 4. The van der Waals surface area contributed by atoms with Crippen molar-refractivity contribution >= 4 is 16.8 Å². The van der Waals surface area contributed by atoms with Crippen molar-refractivity contribution in [2.24, 2.45) is 0 Å². The fourth-order valence-corrected chi connectivity index (χ4v) is 3.63. The van der Waals surface area contributed by atoms with Crippen molar-refractivity contribution in [3.05, 3.63) is 65.9 Å². The molecule has 31 heavy (non-hydrogen) atoms. The Morgan fingerprint density at radius 1 is 1.26 bits per heavy atom. The van der Waals surface area contributed by atoms with Gasteiger partial charge in [-0.05, 0) is 30.3 Å². The molecule has 1 atom stereocenters. The van der Waals surface area contributed by atoms with Crippen LogP contribution in [-0.4, -0.2) is 52.7 Å². The van der Waals surface area contributed by atoms with Crippen molar-refractivity contribution in [2.75, 3.05) is 26.8 Å². The van der Waals surface area contributed by atoms with Crippen LogP contribution in [0.15, 0.2) is 53.1 Å². The monoisotopic (exact) mass is 422 g/mol. The maximum Gasteiger partial charge on any atom is 0.270 e. The van der Waals surface area contributed by atoms with E-state index in [1.165, 1.54) is 12.1 Å². The predicted molar refractivity (Wildman–Crippen MR) is 109 cm³/mol. The zero-order chi connectivity index (χ0) is 21.4. The molecular formula is C22H19FN4O4. The van der Waals surface area contributed by atoms with E-state index in [4.69, 9.17) is 14.0 Å². The molecule has 4 aromatic rings. The molecule has 8 nitrogen and oxygen atoms in total. The van der Waals surface area contributed by atoms with E-state index in [0.717, 1.165) is 5.56 Å². The third-order valence-corrected chi connectivity index (χ3v) is 5.24. The van der Waals surface area contributed by atoms with Crippen LogP contribution in [0.5, 0.6) is 5.75 Å². The van der Waals surface area contributed by atoms with Crippen molar-refractivity contribution < 1.29 is 23.2 Å². The Labute approximate surface area is 176 Å². The Hall–Kier alpha value is -3.72. The van der Waals surface area contributed by atoms with Crippen LogP contribution < -0.4 is 4.74 Å². The highest BCUT2D eigenvalue weighted by Crippen LogP contribution is 2.27. The molecule has 3 heterocycles. The zero-order valence-corrected chi connectivity index (χ0v) is 16.7. The van der Waals surface area contributed by atoms with Crippen molar-refractivity contribution in [3.8, 4) is 17.1 Å². The number of aromatic nitrogens is 3. The van der Waals surface area contributed by atoms with Crippen LogP contribution in [0, 0.1) is 5.82 Å². The topological polar surface area (TPSA) is 93.5 Å². The number of halogens is 1. The molecule has 1 aliphatic heterocycles. The van der Waals surface area contributed by atoms with E-state index in [0.29, 0.717) is 41.3 Å². The Morgan fingerprint density at radius 3 is 2.97 bits per heavy atom. The van der Waals surface area contributed by atoms with Crippen LogP contribution in [0.4, 0.5) is 4.39 Å². The number of hydrogen-bond donors (Lipinski definition) is 1. The van der Waals surface area contributed by atoms with Gasteiger partial charge in [-0.1, -0.05) is 23.4 Å². The van der Waals surface area contributed by atoms with Gasteiger partial charge in [0.05, 0.1) is 20.3 Å². The number of ether oxygens (including phenoxy) is 2. The standard InChI is InChI=1S/C22H19FN4O4/c1-29-14-5-2-4-13(10-14)20-25-21(31-26-20)19-12-27(8-9-30-19)22(28)18-11-15-16(23)6-3-7-17(15)24-18/h2-7,10-11,19,24H,8-9,12H2,1H3. The molecule has 0 saturated carbocycles. The highest BCUT2D eigenvalue weighted by Gasteiger charge is 2.30. The van der Waals surface area contributed by atoms with Crippen LogP contribution in [0.3, 0.4) is 0 Å². The Bertz CT molecular complexity index is 1250. The SMILES string of the molecule is COc1cccc(-c2noc(C3CN(C(=O)c4cc5c(F)cccc5[nH]4)CCO3)n2)c1. The van der Waals surface area contributed by atoms with Gasteiger partial charge < -0.3 is 23.9 Å². The first kappa shape index (κ1) is 19.3. The highest BCUT2D eigenvalue weighted by atomic mass is 19.1. The quantitative estimate of drug-likeness (QED) is 0.540. The molecule has 1 saturated heterocycles. The maximum absolute atomic E-state index is 14.0. The van der Waals surface area contributed by atoms with E-state index in [1.54, 1.807) is 30.2 Å². The summed E-state index contributed by atoms with van der Waals surface area (Å²) in [6.45, 7) is 0.975. The summed E-state index contributed by atoms with van der Waals surface area (Å²) in [5, 5.41) is 4.42. The number of amides is 1. The number of nitrogens with zero attached hydrogens (tertiary/aromatic N) is 3. The summed E-state index contributed by atoms with van der Waals surface area (Å²) in [5.41, 5.74) is 1.65. The lowest BCUT2D eigenvalue weighted by molar-refractivity contribution is -0.0368. The molecule has 1 amide bonds. The molecule has 0 aliphatic carbocycles. The van der Waals surface area contributed by atoms with E-state index in [1.807, 2.05) is 18.2 Å². The molecule has 0 radical (unpaired) electrons. The van der Waals surface area contributed by atoms with Gasteiger partial charge in [-0.25, -0.2) is 4.39 Å². The number of morpholine rings is 1. The van der Waals surface area contributed by atoms with Crippen LogP contribution in [0.25, 0.3) is 22.3 Å². The molecule has 1 unspecified atom stereocenters. The first-order valence-electron chi connectivity index (χ1n) is 9.78. The normalized spacial score (nSPS) is 16.6. The van der Waals surface area contributed by atoms with Gasteiger partial charge in [-0.3, -0.25) is 4.79 Å². The van der Waals surface area contributed by atoms with Gasteiger partial charge in [0.1, 0.15) is 17.3 Å². The summed E-state index contributed by atoms with van der Waals surface area (Å²) in [5.74, 6) is 0.773. The highest BCUT2D eigenvalue weighted by molar-refractivity contribution is 5.98. The van der Waals surface area contributed by atoms with Crippen LogP contribution in [0.1, 0.15) is 22.5 Å². The van der Waals surface area contributed by atoms with Crippen molar-refractivity contribution in [3.63, 3.8) is 0 Å². The lowest BCUT2D eigenvalue weighted by Crippen LogP contribution is -2.42. The first-order valence-corrected chi connectivity index (χ1v) is 9.78. The first-order chi connectivity index (χ1) is 15.1. The van der Waals surface area contributed by atoms with E-state index in [-0.39, 0.29) is 24.2 Å². The molecule has 2 aromatic carbocycles. The third kappa shape index (κ3) is 3.64. The Kier molecular flexibility index (Phi) is 4.87. The van der Waals surface area contributed by atoms with Crippen molar-refractivity contribution in [1.82, 2.24) is 20.0 Å². The third-order valence-electron chi connectivity index (χ3n) is 5.24. The lowest BCUT2D eigenvalue weighted by Gasteiger charge is -2.30. The van der Waals surface area contributed by atoms with E-state index >= 15 is 0 Å². The number of nitrogens with one attached hydrogen (secondary N) is 1. The van der Waals surface area contributed by atoms with Crippen molar-refractivity contribution in [2.45, 2.75) is 6.10 Å². The average Bonchev–Trinajstić information content (AvgIpc) is 3.47. The van der Waals surface area contributed by atoms with E-state index < -0.39 is 6.10 Å². The summed E-state index contributed by atoms with van der Waals surface area (Å²) in [7, 11) is 1.59. The Balaban J connectivity index is 1.35. The number of hydrogen-bond acceptors (Lipinski definition) is 6. The molecule has 1 aliphatic rings. The largest absolute Gasteiger partial charge is 0.497 e. The van der Waals surface area contributed by atoms with Gasteiger partial charge in [-0.15, -0.1) is 0 Å². The zero-order valence-electron chi connectivity index (χ0n) is 16.7. The maximum atomic E-state index is 14.0. The number of benzene rings is 2. The number of carbonyl (C=O) groups excluding carboxylic acids is 1. The fraction of sp³-hybridized carbons (Fsp3) is 0.227. The van der Waals surface area contributed by atoms with Gasteiger partial charge in [0, 0.05) is 23.0 Å². The van der Waals surface area contributed by atoms with E-state index in [2.05, 4.69) is 15.1 Å². The summed E-state index contributed by atoms with van der Waals surface area (Å²) in [4.78, 5) is 22.1. The molecule has 2 aromatic heterocycles. The van der Waals surface area contributed by atoms with Gasteiger partial charge in [0.15, 0.2) is 6.10 Å². The molecule has 1 N–H and O–H groups in total. The van der Waals surface area contributed by atoms with Crippen LogP contribution in [0.2, 0.25) is 0 Å². The minimum Gasteiger partial charge on any atom is -0.497 e. The molecule has 1 fully saturated rings. The van der Waals surface area contributed by atoms with Gasteiger partial charge in [0.25, 0.3) is 11.8 Å². The average molecular weight is 422 g/mol. The second kappa shape index (κ2) is 7.84. The molecular weight excluding hydrogens is 403 g/mol. The summed E-state index contributed by atoms with van der Waals surface area (Å²) < 4.78 is 30.4. The summed E-state index contributed by atoms with van der Waals surface area (Å²) in [6.07, 6.45) is -0.550. The second-order valence-corrected chi connectivity index (χ2v) is 7.18.